The number of benzene rings is 2. The Kier molecular flexibility index (Phi) is 5.39. The number of halogens is 1. The van der Waals surface area contributed by atoms with Crippen LogP contribution in [0.25, 0.3) is 16.7 Å². The molecule has 0 atom stereocenters. The van der Waals surface area contributed by atoms with E-state index in [0.29, 0.717) is 23.7 Å². The fraction of sp³-hybridized carbons (Fsp3) is 0.222. The predicted molar refractivity (Wildman–Crippen MR) is 130 cm³/mol. The van der Waals surface area contributed by atoms with Crippen molar-refractivity contribution in [2.45, 2.75) is 40.3 Å². The number of hydrogen-bond donors (Lipinski definition) is 0. The minimum Gasteiger partial charge on any atom is -0.488 e. The van der Waals surface area contributed by atoms with E-state index in [0.717, 1.165) is 62.7 Å². The number of hydrogen-bond acceptors (Lipinski definition) is 4. The summed E-state index contributed by atoms with van der Waals surface area (Å²) in [4.78, 5) is 9.46. The zero-order chi connectivity index (χ0) is 23.1. The first-order valence-corrected chi connectivity index (χ1v) is 11.4. The molecule has 3 heterocycles. The van der Waals surface area contributed by atoms with Gasteiger partial charge in [0.25, 0.3) is 0 Å². The highest BCUT2D eigenvalue weighted by Crippen LogP contribution is 2.39. The van der Waals surface area contributed by atoms with Crippen molar-refractivity contribution in [2.24, 2.45) is 0 Å². The molecule has 1 aliphatic rings. The number of fused-ring (bicyclic) bond motifs is 3. The third-order valence-electron chi connectivity index (χ3n) is 6.05. The zero-order valence-corrected chi connectivity index (χ0v) is 19.6. The van der Waals surface area contributed by atoms with Gasteiger partial charge in [0.15, 0.2) is 5.65 Å². The minimum atomic E-state index is 0.458. The molecular formula is C27H23ClN4O. The predicted octanol–water partition coefficient (Wildman–Crippen LogP) is 6.24. The minimum absolute atomic E-state index is 0.458. The zero-order valence-electron chi connectivity index (χ0n) is 18.8. The van der Waals surface area contributed by atoms with Crippen LogP contribution in [0, 0.1) is 18.3 Å². The largest absolute Gasteiger partial charge is 0.488 e. The monoisotopic (exact) mass is 454 g/mol. The fourth-order valence-corrected chi connectivity index (χ4v) is 4.76. The number of aryl methyl sites for hydroxylation is 2. The second kappa shape index (κ2) is 8.38. The first-order chi connectivity index (χ1) is 16.0. The summed E-state index contributed by atoms with van der Waals surface area (Å²) in [7, 11) is 0. The van der Waals surface area contributed by atoms with E-state index >= 15 is 0 Å². The number of ether oxygens (including phenoxy) is 1. The maximum absolute atomic E-state index is 9.68. The SMILES string of the molecule is CCc1nc2c(Cl)cc(C)nc2n1Cc1ccc2c(c1)OCc1ccccc1C2=C(C)C#N. The van der Waals surface area contributed by atoms with E-state index in [1.807, 2.05) is 32.0 Å². The van der Waals surface area contributed by atoms with E-state index in [1.54, 1.807) is 0 Å². The maximum Gasteiger partial charge on any atom is 0.162 e. The van der Waals surface area contributed by atoms with Crippen LogP contribution in [0.5, 0.6) is 5.75 Å². The lowest BCUT2D eigenvalue weighted by Crippen LogP contribution is -2.06. The number of aromatic nitrogens is 3. The molecule has 0 saturated heterocycles. The van der Waals surface area contributed by atoms with E-state index in [9.17, 15) is 5.26 Å². The first kappa shape index (κ1) is 21.2. The average molecular weight is 455 g/mol. The number of pyridine rings is 1. The topological polar surface area (TPSA) is 63.7 Å². The molecule has 5 rings (SSSR count). The van der Waals surface area contributed by atoms with E-state index < -0.39 is 0 Å². The lowest BCUT2D eigenvalue weighted by Gasteiger charge is -2.14. The molecule has 0 radical (unpaired) electrons. The van der Waals surface area contributed by atoms with Crippen LogP contribution in [-0.2, 0) is 19.6 Å². The summed E-state index contributed by atoms with van der Waals surface area (Å²) in [5, 5.41) is 10.3. The van der Waals surface area contributed by atoms with Crippen LogP contribution in [0.15, 0.2) is 54.1 Å². The molecule has 0 saturated carbocycles. The summed E-state index contributed by atoms with van der Waals surface area (Å²) in [6.45, 7) is 6.94. The van der Waals surface area contributed by atoms with Crippen molar-refractivity contribution < 1.29 is 4.74 Å². The van der Waals surface area contributed by atoms with E-state index in [1.165, 1.54) is 0 Å². The lowest BCUT2D eigenvalue weighted by atomic mass is 9.90. The number of allylic oxidation sites excluding steroid dienone is 1. The van der Waals surface area contributed by atoms with Gasteiger partial charge in [0, 0.05) is 28.8 Å². The first-order valence-electron chi connectivity index (χ1n) is 11.0. The molecule has 0 spiro atoms. The highest BCUT2D eigenvalue weighted by Gasteiger charge is 2.22. The van der Waals surface area contributed by atoms with Crippen molar-refractivity contribution in [3.05, 3.63) is 92.9 Å². The van der Waals surface area contributed by atoms with Crippen LogP contribution in [0.2, 0.25) is 5.02 Å². The molecule has 0 fully saturated rings. The van der Waals surface area contributed by atoms with Gasteiger partial charge >= 0.3 is 0 Å². The molecule has 0 unspecified atom stereocenters. The Morgan fingerprint density at radius 3 is 2.76 bits per heavy atom. The Hall–Kier alpha value is -3.62. The molecule has 0 N–H and O–H groups in total. The van der Waals surface area contributed by atoms with Crippen LogP contribution < -0.4 is 4.74 Å². The third-order valence-corrected chi connectivity index (χ3v) is 6.34. The van der Waals surface area contributed by atoms with Gasteiger partial charge in [0.2, 0.25) is 0 Å². The summed E-state index contributed by atoms with van der Waals surface area (Å²) < 4.78 is 8.36. The Labute approximate surface area is 197 Å². The van der Waals surface area contributed by atoms with Gasteiger partial charge in [-0.1, -0.05) is 54.9 Å². The maximum atomic E-state index is 9.68. The number of rotatable bonds is 3. The lowest BCUT2D eigenvalue weighted by molar-refractivity contribution is 0.307. The molecule has 33 heavy (non-hydrogen) atoms. The van der Waals surface area contributed by atoms with Crippen molar-refractivity contribution >= 4 is 28.3 Å². The summed E-state index contributed by atoms with van der Waals surface area (Å²) in [5.41, 5.74) is 8.11. The Balaban J connectivity index is 1.62. The molecule has 0 amide bonds. The number of nitrogens with zero attached hydrogens (tertiary/aromatic N) is 4. The van der Waals surface area contributed by atoms with E-state index in [2.05, 4.69) is 47.9 Å². The Morgan fingerprint density at radius 2 is 1.97 bits per heavy atom. The van der Waals surface area contributed by atoms with Crippen LogP contribution >= 0.6 is 11.6 Å². The third kappa shape index (κ3) is 3.67. The van der Waals surface area contributed by atoms with Gasteiger partial charge in [0.05, 0.1) is 17.6 Å². The normalized spacial score (nSPS) is 14.2. The summed E-state index contributed by atoms with van der Waals surface area (Å²) in [6.07, 6.45) is 0.775. The number of nitriles is 1. The summed E-state index contributed by atoms with van der Waals surface area (Å²) >= 11 is 6.46. The molecule has 4 aromatic rings. The molecule has 6 heteroatoms. The van der Waals surface area contributed by atoms with Crippen molar-refractivity contribution in [2.75, 3.05) is 0 Å². The standard InChI is InChI=1S/C27H23ClN4O/c1-4-24-31-26-22(28)11-17(3)30-27(26)32(24)14-18-9-10-21-23(12-18)33-15-19-7-5-6-8-20(19)25(21)16(2)13-29/h5-12H,4,14-15H2,1-3H3. The van der Waals surface area contributed by atoms with Gasteiger partial charge < -0.3 is 9.30 Å². The second-order valence-electron chi connectivity index (χ2n) is 8.27. The van der Waals surface area contributed by atoms with Crippen molar-refractivity contribution in [3.63, 3.8) is 0 Å². The molecule has 0 bridgehead atoms. The quantitative estimate of drug-likeness (QED) is 0.343. The molecule has 0 aliphatic carbocycles. The van der Waals surface area contributed by atoms with E-state index in [-0.39, 0.29) is 0 Å². The van der Waals surface area contributed by atoms with Gasteiger partial charge in [0.1, 0.15) is 23.7 Å². The Morgan fingerprint density at radius 1 is 1.15 bits per heavy atom. The number of imidazole rings is 1. The second-order valence-corrected chi connectivity index (χ2v) is 8.68. The Bertz CT molecular complexity index is 1480. The van der Waals surface area contributed by atoms with Crippen molar-refractivity contribution in [1.82, 2.24) is 14.5 Å². The van der Waals surface area contributed by atoms with Crippen molar-refractivity contribution in [3.8, 4) is 11.8 Å². The molecule has 1 aliphatic heterocycles. The molecule has 2 aromatic heterocycles. The van der Waals surface area contributed by atoms with Crippen LogP contribution in [-0.4, -0.2) is 14.5 Å². The smallest absolute Gasteiger partial charge is 0.162 e. The molecule has 164 valence electrons. The van der Waals surface area contributed by atoms with Gasteiger partial charge in [-0.05, 0) is 42.7 Å². The van der Waals surface area contributed by atoms with E-state index in [4.69, 9.17) is 26.3 Å². The van der Waals surface area contributed by atoms with Gasteiger partial charge in [-0.25, -0.2) is 9.97 Å². The van der Waals surface area contributed by atoms with Crippen LogP contribution in [0.4, 0.5) is 0 Å². The van der Waals surface area contributed by atoms with Crippen molar-refractivity contribution in [1.29, 1.82) is 5.26 Å². The summed E-state index contributed by atoms with van der Waals surface area (Å²) in [6, 6.07) is 18.5. The highest BCUT2D eigenvalue weighted by molar-refractivity contribution is 6.34. The molecule has 5 nitrogen and oxygen atoms in total. The molecule has 2 aromatic carbocycles. The van der Waals surface area contributed by atoms with Gasteiger partial charge in [-0.2, -0.15) is 5.26 Å². The highest BCUT2D eigenvalue weighted by atomic mass is 35.5. The van der Waals surface area contributed by atoms with Gasteiger partial charge in [-0.15, -0.1) is 0 Å². The van der Waals surface area contributed by atoms with Gasteiger partial charge in [-0.3, -0.25) is 0 Å². The average Bonchev–Trinajstić information content (AvgIpc) is 3.07. The van der Waals surface area contributed by atoms with Crippen LogP contribution in [0.1, 0.15) is 47.6 Å². The fourth-order valence-electron chi connectivity index (χ4n) is 4.47. The van der Waals surface area contributed by atoms with Crippen LogP contribution in [0.3, 0.4) is 0 Å². The summed E-state index contributed by atoms with van der Waals surface area (Å²) in [5.74, 6) is 1.71. The molecular weight excluding hydrogens is 432 g/mol.